The van der Waals surface area contributed by atoms with Crippen LogP contribution in [-0.4, -0.2) is 28.5 Å². The Hall–Kier alpha value is -1.51. The van der Waals surface area contributed by atoms with E-state index in [0.717, 1.165) is 36.9 Å². The number of benzene rings is 1. The lowest BCUT2D eigenvalue weighted by atomic mass is 9.97. The summed E-state index contributed by atoms with van der Waals surface area (Å²) in [5, 5.41) is 9.43. The third-order valence-electron chi connectivity index (χ3n) is 3.97. The van der Waals surface area contributed by atoms with Crippen molar-refractivity contribution >= 4 is 5.91 Å². The van der Waals surface area contributed by atoms with Crippen molar-refractivity contribution in [1.29, 1.82) is 0 Å². The topological polar surface area (TPSA) is 40.5 Å². The van der Waals surface area contributed by atoms with Crippen LogP contribution in [-0.2, 0) is 6.42 Å². The van der Waals surface area contributed by atoms with Gasteiger partial charge in [-0.25, -0.2) is 0 Å². The second-order valence-electron chi connectivity index (χ2n) is 5.03. The molecule has 1 amide bonds. The quantitative estimate of drug-likeness (QED) is 0.806. The van der Waals surface area contributed by atoms with Gasteiger partial charge in [0.05, 0.1) is 0 Å². The Morgan fingerprint density at radius 3 is 2.76 bits per heavy atom. The zero-order valence-corrected chi connectivity index (χ0v) is 9.85. The highest BCUT2D eigenvalue weighted by atomic mass is 16.3. The summed E-state index contributed by atoms with van der Waals surface area (Å²) in [7, 11) is 0. The molecule has 90 valence electrons. The van der Waals surface area contributed by atoms with E-state index < -0.39 is 0 Å². The van der Waals surface area contributed by atoms with Gasteiger partial charge in [-0.2, -0.15) is 0 Å². The number of hydrogen-bond acceptors (Lipinski definition) is 2. The first-order valence-electron chi connectivity index (χ1n) is 6.38. The molecule has 0 unspecified atom stereocenters. The highest BCUT2D eigenvalue weighted by molar-refractivity contribution is 5.97. The van der Waals surface area contributed by atoms with E-state index in [9.17, 15) is 9.90 Å². The number of phenols is 1. The summed E-state index contributed by atoms with van der Waals surface area (Å²) in [5.41, 5.74) is 1.77. The average Bonchev–Trinajstić information content (AvgIpc) is 2.82. The Labute approximate surface area is 101 Å². The minimum atomic E-state index is 0.151. The molecule has 1 N–H and O–H groups in total. The predicted molar refractivity (Wildman–Crippen MR) is 65.1 cm³/mol. The molecule has 2 aliphatic rings. The molecule has 1 aromatic carbocycles. The highest BCUT2D eigenvalue weighted by Crippen LogP contribution is 2.29. The van der Waals surface area contributed by atoms with Gasteiger partial charge < -0.3 is 10.0 Å². The van der Waals surface area contributed by atoms with Gasteiger partial charge in [0.25, 0.3) is 5.91 Å². The zero-order chi connectivity index (χ0) is 11.8. The molecule has 1 aromatic rings. The van der Waals surface area contributed by atoms with Crippen LogP contribution >= 0.6 is 0 Å². The fourth-order valence-electron chi connectivity index (χ4n) is 3.06. The van der Waals surface area contributed by atoms with Crippen molar-refractivity contribution in [3.05, 3.63) is 29.3 Å². The average molecular weight is 231 g/mol. The van der Waals surface area contributed by atoms with Crippen LogP contribution in [0.4, 0.5) is 0 Å². The first kappa shape index (κ1) is 10.6. The van der Waals surface area contributed by atoms with Crippen LogP contribution in [0.25, 0.3) is 0 Å². The van der Waals surface area contributed by atoms with Crippen molar-refractivity contribution in [3.63, 3.8) is 0 Å². The molecule has 3 heteroatoms. The SMILES string of the molecule is O=C1c2ccc(O)cc2CCN1C1CCCC1. The maximum absolute atomic E-state index is 12.4. The second-order valence-corrected chi connectivity index (χ2v) is 5.03. The Balaban J connectivity index is 1.89. The molecule has 1 saturated carbocycles. The van der Waals surface area contributed by atoms with E-state index in [4.69, 9.17) is 0 Å². The van der Waals surface area contributed by atoms with Gasteiger partial charge in [0.2, 0.25) is 0 Å². The van der Waals surface area contributed by atoms with Crippen molar-refractivity contribution in [2.45, 2.75) is 38.1 Å². The minimum Gasteiger partial charge on any atom is -0.508 e. The van der Waals surface area contributed by atoms with E-state index in [-0.39, 0.29) is 11.7 Å². The molecular formula is C14H17NO2. The number of hydrogen-bond donors (Lipinski definition) is 1. The number of amides is 1. The van der Waals surface area contributed by atoms with Crippen LogP contribution in [0.15, 0.2) is 18.2 Å². The summed E-state index contributed by atoms with van der Waals surface area (Å²) in [4.78, 5) is 14.4. The number of rotatable bonds is 1. The van der Waals surface area contributed by atoms with Crippen LogP contribution < -0.4 is 0 Å². The molecule has 1 aliphatic carbocycles. The molecule has 0 aromatic heterocycles. The van der Waals surface area contributed by atoms with Gasteiger partial charge in [-0.1, -0.05) is 12.8 Å². The van der Waals surface area contributed by atoms with E-state index in [1.165, 1.54) is 12.8 Å². The van der Waals surface area contributed by atoms with E-state index >= 15 is 0 Å². The molecule has 1 aliphatic heterocycles. The minimum absolute atomic E-state index is 0.151. The Morgan fingerprint density at radius 2 is 2.00 bits per heavy atom. The smallest absolute Gasteiger partial charge is 0.254 e. The van der Waals surface area contributed by atoms with Gasteiger partial charge in [-0.15, -0.1) is 0 Å². The van der Waals surface area contributed by atoms with Crippen LogP contribution in [0.3, 0.4) is 0 Å². The number of phenolic OH excluding ortho intramolecular Hbond substituents is 1. The lowest BCUT2D eigenvalue weighted by Gasteiger charge is -2.33. The fourth-order valence-corrected chi connectivity index (χ4v) is 3.06. The third kappa shape index (κ3) is 1.79. The molecule has 0 spiro atoms. The zero-order valence-electron chi connectivity index (χ0n) is 9.85. The molecule has 0 radical (unpaired) electrons. The van der Waals surface area contributed by atoms with Crippen molar-refractivity contribution in [2.75, 3.05) is 6.54 Å². The van der Waals surface area contributed by atoms with Crippen LogP contribution in [0, 0.1) is 0 Å². The Bertz CT molecular complexity index is 450. The Morgan fingerprint density at radius 1 is 1.24 bits per heavy atom. The Kier molecular flexibility index (Phi) is 2.54. The largest absolute Gasteiger partial charge is 0.508 e. The maximum atomic E-state index is 12.4. The summed E-state index contributed by atoms with van der Waals surface area (Å²) in [6, 6.07) is 5.53. The number of carbonyl (C=O) groups excluding carboxylic acids is 1. The van der Waals surface area contributed by atoms with Crippen molar-refractivity contribution < 1.29 is 9.90 Å². The van der Waals surface area contributed by atoms with E-state index in [1.807, 2.05) is 4.90 Å². The number of fused-ring (bicyclic) bond motifs is 1. The molecular weight excluding hydrogens is 214 g/mol. The van der Waals surface area contributed by atoms with Crippen LogP contribution in [0.1, 0.15) is 41.6 Å². The molecule has 0 saturated heterocycles. The number of carbonyl (C=O) groups is 1. The summed E-state index contributed by atoms with van der Waals surface area (Å²) >= 11 is 0. The van der Waals surface area contributed by atoms with E-state index in [1.54, 1.807) is 18.2 Å². The van der Waals surface area contributed by atoms with Crippen molar-refractivity contribution in [2.24, 2.45) is 0 Å². The normalized spacial score (nSPS) is 20.7. The first-order chi connectivity index (χ1) is 8.25. The molecule has 17 heavy (non-hydrogen) atoms. The lowest BCUT2D eigenvalue weighted by molar-refractivity contribution is 0.0663. The van der Waals surface area contributed by atoms with Crippen molar-refractivity contribution in [3.8, 4) is 5.75 Å². The van der Waals surface area contributed by atoms with Gasteiger partial charge in [0, 0.05) is 18.2 Å². The molecule has 0 atom stereocenters. The molecule has 3 nitrogen and oxygen atoms in total. The highest BCUT2D eigenvalue weighted by Gasteiger charge is 2.31. The summed E-state index contributed by atoms with van der Waals surface area (Å²) < 4.78 is 0. The van der Waals surface area contributed by atoms with Crippen molar-refractivity contribution in [1.82, 2.24) is 4.90 Å². The lowest BCUT2D eigenvalue weighted by Crippen LogP contribution is -2.43. The standard InChI is InChI=1S/C14H17NO2/c16-12-5-6-13-10(9-12)7-8-15(14(13)17)11-3-1-2-4-11/h5-6,9,11,16H,1-4,7-8H2. The van der Waals surface area contributed by atoms with E-state index in [2.05, 4.69) is 0 Å². The van der Waals surface area contributed by atoms with Gasteiger partial charge >= 0.3 is 0 Å². The van der Waals surface area contributed by atoms with Crippen LogP contribution in [0.2, 0.25) is 0 Å². The molecule has 0 bridgehead atoms. The van der Waals surface area contributed by atoms with Gasteiger partial charge in [-0.3, -0.25) is 4.79 Å². The number of nitrogens with zero attached hydrogens (tertiary/aromatic N) is 1. The van der Waals surface area contributed by atoms with Gasteiger partial charge in [0.15, 0.2) is 0 Å². The second kappa shape index (κ2) is 4.06. The third-order valence-corrected chi connectivity index (χ3v) is 3.97. The fraction of sp³-hybridized carbons (Fsp3) is 0.500. The first-order valence-corrected chi connectivity index (χ1v) is 6.38. The maximum Gasteiger partial charge on any atom is 0.254 e. The predicted octanol–water partition coefficient (Wildman–Crippen LogP) is 2.33. The number of aromatic hydroxyl groups is 1. The molecule has 1 fully saturated rings. The van der Waals surface area contributed by atoms with Gasteiger partial charge in [0.1, 0.15) is 5.75 Å². The van der Waals surface area contributed by atoms with Gasteiger partial charge in [-0.05, 0) is 43.0 Å². The molecule has 3 rings (SSSR count). The van der Waals surface area contributed by atoms with E-state index in [0.29, 0.717) is 6.04 Å². The summed E-state index contributed by atoms with van der Waals surface area (Å²) in [6.07, 6.45) is 5.66. The monoisotopic (exact) mass is 231 g/mol. The summed E-state index contributed by atoms with van der Waals surface area (Å²) in [5.74, 6) is 0.406. The summed E-state index contributed by atoms with van der Waals surface area (Å²) in [6.45, 7) is 0.806. The molecule has 1 heterocycles. The van der Waals surface area contributed by atoms with Crippen LogP contribution in [0.5, 0.6) is 5.75 Å².